The molecule has 1 aromatic carbocycles. The minimum absolute atomic E-state index is 0.143. The number of morpholine rings is 1. The molecule has 0 bridgehead atoms. The molecule has 98 valence electrons. The monoisotopic (exact) mass is 313 g/mol. The number of aliphatic carboxylic acids is 1. The Balaban J connectivity index is 2.09. The van der Waals surface area contributed by atoms with Crippen molar-refractivity contribution in [3.63, 3.8) is 0 Å². The molecule has 18 heavy (non-hydrogen) atoms. The Bertz CT molecular complexity index is 424. The maximum absolute atomic E-state index is 10.7. The van der Waals surface area contributed by atoms with Crippen LogP contribution in [0.15, 0.2) is 28.7 Å². The third-order valence-corrected chi connectivity index (χ3v) is 3.55. The van der Waals surface area contributed by atoms with E-state index in [4.69, 9.17) is 9.84 Å². The van der Waals surface area contributed by atoms with E-state index in [1.54, 1.807) is 0 Å². The van der Waals surface area contributed by atoms with Gasteiger partial charge < -0.3 is 14.7 Å². The van der Waals surface area contributed by atoms with Crippen molar-refractivity contribution in [3.05, 3.63) is 28.7 Å². The van der Waals surface area contributed by atoms with Crippen molar-refractivity contribution in [1.29, 1.82) is 0 Å². The zero-order valence-electron chi connectivity index (χ0n) is 10.0. The topological polar surface area (TPSA) is 49.8 Å². The van der Waals surface area contributed by atoms with Crippen molar-refractivity contribution in [1.82, 2.24) is 0 Å². The van der Waals surface area contributed by atoms with E-state index < -0.39 is 5.97 Å². The Morgan fingerprint density at radius 1 is 1.56 bits per heavy atom. The smallest absolute Gasteiger partial charge is 0.303 e. The number of anilines is 1. The van der Waals surface area contributed by atoms with Crippen LogP contribution in [0.25, 0.3) is 0 Å². The lowest BCUT2D eigenvalue weighted by Crippen LogP contribution is -2.45. The second kappa shape index (κ2) is 6.20. The molecule has 2 rings (SSSR count). The first-order chi connectivity index (χ1) is 8.66. The van der Waals surface area contributed by atoms with Gasteiger partial charge in [-0.25, -0.2) is 0 Å². The molecule has 1 heterocycles. The summed E-state index contributed by atoms with van der Waals surface area (Å²) in [7, 11) is 0. The van der Waals surface area contributed by atoms with Gasteiger partial charge in [0.05, 0.1) is 19.3 Å². The number of carboxylic acids is 1. The van der Waals surface area contributed by atoms with Crippen molar-refractivity contribution in [2.75, 3.05) is 24.7 Å². The van der Waals surface area contributed by atoms with Gasteiger partial charge in [0.15, 0.2) is 0 Å². The summed E-state index contributed by atoms with van der Waals surface area (Å²) in [5, 5.41) is 8.78. The zero-order chi connectivity index (χ0) is 13.0. The Morgan fingerprint density at radius 3 is 3.11 bits per heavy atom. The average Bonchev–Trinajstić information content (AvgIpc) is 2.36. The molecule has 0 amide bonds. The van der Waals surface area contributed by atoms with Gasteiger partial charge in [-0.1, -0.05) is 22.0 Å². The Morgan fingerprint density at radius 2 is 2.39 bits per heavy atom. The summed E-state index contributed by atoms with van der Waals surface area (Å²) < 4.78 is 6.48. The highest BCUT2D eigenvalue weighted by molar-refractivity contribution is 9.10. The van der Waals surface area contributed by atoms with E-state index in [-0.39, 0.29) is 12.5 Å². The van der Waals surface area contributed by atoms with E-state index in [1.165, 1.54) is 0 Å². The fraction of sp³-hybridized carbons (Fsp3) is 0.462. The summed E-state index contributed by atoms with van der Waals surface area (Å²) in [5.41, 5.74) is 1.11. The molecule has 1 aromatic rings. The zero-order valence-corrected chi connectivity index (χ0v) is 11.6. The molecule has 0 radical (unpaired) electrons. The van der Waals surface area contributed by atoms with E-state index in [0.717, 1.165) is 16.7 Å². The van der Waals surface area contributed by atoms with Crippen molar-refractivity contribution < 1.29 is 14.6 Å². The first-order valence-corrected chi connectivity index (χ1v) is 6.78. The molecule has 1 saturated heterocycles. The number of hydrogen-bond acceptors (Lipinski definition) is 3. The quantitative estimate of drug-likeness (QED) is 0.928. The van der Waals surface area contributed by atoms with Gasteiger partial charge in [-0.05, 0) is 24.6 Å². The summed E-state index contributed by atoms with van der Waals surface area (Å²) in [5.74, 6) is -0.755. The number of nitrogens with zero attached hydrogens (tertiary/aromatic N) is 1. The molecular formula is C13H16BrNO3. The lowest BCUT2D eigenvalue weighted by atomic mass is 10.1. The normalized spacial score (nSPS) is 19.8. The predicted molar refractivity (Wildman–Crippen MR) is 73.0 cm³/mol. The van der Waals surface area contributed by atoms with Gasteiger partial charge in [-0.15, -0.1) is 0 Å². The first kappa shape index (κ1) is 13.4. The molecule has 1 fully saturated rings. The molecule has 1 aliphatic rings. The van der Waals surface area contributed by atoms with Gasteiger partial charge in [0.1, 0.15) is 0 Å². The van der Waals surface area contributed by atoms with Crippen molar-refractivity contribution in [2.45, 2.75) is 18.9 Å². The molecule has 1 unspecified atom stereocenters. The highest BCUT2D eigenvalue weighted by Gasteiger charge is 2.23. The molecule has 1 atom stereocenters. The lowest BCUT2D eigenvalue weighted by molar-refractivity contribution is -0.137. The maximum atomic E-state index is 10.7. The number of halogens is 1. The second-order valence-electron chi connectivity index (χ2n) is 4.33. The number of carbonyl (C=O) groups is 1. The van der Waals surface area contributed by atoms with Gasteiger partial charge in [0, 0.05) is 23.1 Å². The van der Waals surface area contributed by atoms with Crippen molar-refractivity contribution in [3.8, 4) is 0 Å². The van der Waals surface area contributed by atoms with E-state index in [9.17, 15) is 4.79 Å². The third kappa shape index (κ3) is 3.46. The van der Waals surface area contributed by atoms with Crippen LogP contribution in [0.4, 0.5) is 5.69 Å². The van der Waals surface area contributed by atoms with Crippen LogP contribution in [0.1, 0.15) is 12.8 Å². The Labute approximate surface area is 115 Å². The van der Waals surface area contributed by atoms with Crippen LogP contribution in [-0.4, -0.2) is 36.9 Å². The molecule has 0 saturated carbocycles. The molecule has 0 spiro atoms. The standard InChI is InChI=1S/C13H16BrNO3/c14-10-2-1-3-11(8-10)15-6-7-18-9-12(15)4-5-13(16)17/h1-3,8,12H,4-7,9H2,(H,16,17). The maximum Gasteiger partial charge on any atom is 0.303 e. The summed E-state index contributed by atoms with van der Waals surface area (Å²) >= 11 is 3.46. The van der Waals surface area contributed by atoms with E-state index >= 15 is 0 Å². The van der Waals surface area contributed by atoms with Crippen LogP contribution >= 0.6 is 15.9 Å². The van der Waals surface area contributed by atoms with E-state index in [1.807, 2.05) is 18.2 Å². The Hall–Kier alpha value is -1.07. The number of carboxylic acid groups (broad SMARTS) is 1. The predicted octanol–water partition coefficient (Wildman–Crippen LogP) is 2.52. The van der Waals surface area contributed by atoms with Gasteiger partial charge in [-0.3, -0.25) is 4.79 Å². The fourth-order valence-corrected chi connectivity index (χ4v) is 2.57. The van der Waals surface area contributed by atoms with Crippen molar-refractivity contribution in [2.24, 2.45) is 0 Å². The molecular weight excluding hydrogens is 298 g/mol. The number of rotatable bonds is 4. The van der Waals surface area contributed by atoms with Crippen LogP contribution in [0.3, 0.4) is 0 Å². The van der Waals surface area contributed by atoms with Crippen molar-refractivity contribution >= 4 is 27.6 Å². The summed E-state index contributed by atoms with van der Waals surface area (Å²) in [4.78, 5) is 12.9. The van der Waals surface area contributed by atoms with E-state index in [2.05, 4.69) is 26.9 Å². The summed E-state index contributed by atoms with van der Waals surface area (Å²) in [6, 6.07) is 8.21. The molecule has 1 aliphatic heterocycles. The largest absolute Gasteiger partial charge is 0.481 e. The fourth-order valence-electron chi connectivity index (χ4n) is 2.18. The lowest BCUT2D eigenvalue weighted by Gasteiger charge is -2.37. The molecule has 0 aromatic heterocycles. The molecule has 5 heteroatoms. The van der Waals surface area contributed by atoms with Crippen LogP contribution < -0.4 is 4.90 Å². The van der Waals surface area contributed by atoms with Gasteiger partial charge in [-0.2, -0.15) is 0 Å². The first-order valence-electron chi connectivity index (χ1n) is 5.98. The minimum atomic E-state index is -0.755. The van der Waals surface area contributed by atoms with Crippen LogP contribution in [0.2, 0.25) is 0 Å². The molecule has 1 N–H and O–H groups in total. The minimum Gasteiger partial charge on any atom is -0.481 e. The number of benzene rings is 1. The number of hydrogen-bond donors (Lipinski definition) is 1. The third-order valence-electron chi connectivity index (χ3n) is 3.06. The molecule has 0 aliphatic carbocycles. The van der Waals surface area contributed by atoms with Gasteiger partial charge >= 0.3 is 5.97 Å². The van der Waals surface area contributed by atoms with Crippen LogP contribution in [-0.2, 0) is 9.53 Å². The van der Waals surface area contributed by atoms with Crippen LogP contribution in [0.5, 0.6) is 0 Å². The Kier molecular flexibility index (Phi) is 4.60. The average molecular weight is 314 g/mol. The number of ether oxygens (including phenoxy) is 1. The van der Waals surface area contributed by atoms with Crippen LogP contribution in [0, 0.1) is 0 Å². The summed E-state index contributed by atoms with van der Waals surface area (Å²) in [6.07, 6.45) is 0.792. The second-order valence-corrected chi connectivity index (χ2v) is 5.25. The molecule has 4 nitrogen and oxygen atoms in total. The van der Waals surface area contributed by atoms with Gasteiger partial charge in [0.25, 0.3) is 0 Å². The summed E-state index contributed by atoms with van der Waals surface area (Å²) in [6.45, 7) is 2.09. The van der Waals surface area contributed by atoms with E-state index in [0.29, 0.717) is 19.6 Å². The highest BCUT2D eigenvalue weighted by atomic mass is 79.9. The SMILES string of the molecule is O=C(O)CCC1COCCN1c1cccc(Br)c1. The highest BCUT2D eigenvalue weighted by Crippen LogP contribution is 2.25. The van der Waals surface area contributed by atoms with Gasteiger partial charge in [0.2, 0.25) is 0 Å².